The summed E-state index contributed by atoms with van der Waals surface area (Å²) in [6.07, 6.45) is 8.99. The maximum absolute atomic E-state index is 11.2. The lowest BCUT2D eigenvalue weighted by atomic mass is 9.49. The predicted octanol–water partition coefficient (Wildman–Crippen LogP) is 3.62. The van der Waals surface area contributed by atoms with E-state index in [2.05, 4.69) is 20.9 Å². The molecule has 0 saturated heterocycles. The van der Waals surface area contributed by atoms with Crippen LogP contribution in [0, 0.1) is 23.7 Å². The van der Waals surface area contributed by atoms with Gasteiger partial charge in [-0.2, -0.15) is 0 Å². The van der Waals surface area contributed by atoms with Crippen LogP contribution in [0.1, 0.15) is 58.8 Å². The Morgan fingerprint density at radius 3 is 2.05 bits per heavy atom. The Hall–Kier alpha value is -0.570. The highest BCUT2D eigenvalue weighted by molar-refractivity contribution is 5.39. The molecule has 4 rings (SSSR count). The van der Waals surface area contributed by atoms with E-state index in [4.69, 9.17) is 4.74 Å². The molecule has 0 aromatic carbocycles. The van der Waals surface area contributed by atoms with E-state index in [9.17, 15) is 4.79 Å². The van der Waals surface area contributed by atoms with Crippen LogP contribution in [0.25, 0.3) is 0 Å². The van der Waals surface area contributed by atoms with Crippen molar-refractivity contribution in [3.63, 3.8) is 0 Å². The van der Waals surface area contributed by atoms with Gasteiger partial charge in [-0.05, 0) is 76.0 Å². The summed E-state index contributed by atoms with van der Waals surface area (Å²) < 4.78 is 7.04. The van der Waals surface area contributed by atoms with Crippen molar-refractivity contribution in [3.8, 4) is 0 Å². The fraction of sp³-hybridized carbons (Fsp3) is 0.947. The number of hydrogen-bond acceptors (Lipinski definition) is 2. The molecule has 126 valence electrons. The molecule has 22 heavy (non-hydrogen) atoms. The second kappa shape index (κ2) is 6.14. The lowest BCUT2D eigenvalue weighted by molar-refractivity contribution is -0.906. The fourth-order valence-electron chi connectivity index (χ4n) is 6.01. The van der Waals surface area contributed by atoms with Crippen molar-refractivity contribution in [2.75, 3.05) is 26.7 Å². The van der Waals surface area contributed by atoms with Crippen molar-refractivity contribution in [2.45, 2.75) is 64.4 Å². The van der Waals surface area contributed by atoms with E-state index < -0.39 is 0 Å². The first-order valence-electron chi connectivity index (χ1n) is 9.50. The van der Waals surface area contributed by atoms with Crippen molar-refractivity contribution < 1.29 is 14.0 Å². The van der Waals surface area contributed by atoms with E-state index in [0.717, 1.165) is 29.2 Å². The Balaban J connectivity index is 1.69. The molecule has 0 amide bonds. The van der Waals surface area contributed by atoms with Gasteiger partial charge in [-0.1, -0.05) is 0 Å². The maximum Gasteiger partial charge on any atom is 0.293 e. The zero-order chi connectivity index (χ0) is 15.8. The van der Waals surface area contributed by atoms with Crippen molar-refractivity contribution in [2.24, 2.45) is 23.7 Å². The van der Waals surface area contributed by atoms with E-state index >= 15 is 0 Å². The zero-order valence-corrected chi connectivity index (χ0v) is 14.7. The third-order valence-corrected chi connectivity index (χ3v) is 7.58. The second-order valence-corrected chi connectivity index (χ2v) is 8.55. The van der Waals surface area contributed by atoms with Crippen LogP contribution >= 0.6 is 0 Å². The van der Waals surface area contributed by atoms with Gasteiger partial charge in [-0.3, -0.25) is 4.79 Å². The minimum Gasteiger partial charge on any atom is -0.461 e. The molecule has 0 heterocycles. The van der Waals surface area contributed by atoms with Gasteiger partial charge in [-0.15, -0.1) is 0 Å². The Bertz CT molecular complexity index is 374. The molecule has 4 saturated carbocycles. The van der Waals surface area contributed by atoms with Crippen LogP contribution in [0.15, 0.2) is 0 Å². The number of hydrogen-bond donors (Lipinski definition) is 0. The summed E-state index contributed by atoms with van der Waals surface area (Å²) in [6.45, 7) is 8.91. The third kappa shape index (κ3) is 2.70. The van der Waals surface area contributed by atoms with Gasteiger partial charge in [0.25, 0.3) is 6.47 Å². The second-order valence-electron chi connectivity index (χ2n) is 8.55. The molecule has 4 bridgehead atoms. The lowest BCUT2D eigenvalue weighted by Gasteiger charge is -2.60. The SMILES string of the molecule is CC[N+](C)(CC)CCCC1(OC=O)C2CC3CC(C2)CC1C3. The molecule has 0 aromatic rings. The van der Waals surface area contributed by atoms with Gasteiger partial charge in [0.2, 0.25) is 0 Å². The topological polar surface area (TPSA) is 26.3 Å². The molecule has 0 aliphatic heterocycles. The van der Waals surface area contributed by atoms with Crippen LogP contribution in [-0.2, 0) is 9.53 Å². The van der Waals surface area contributed by atoms with Crippen LogP contribution in [0.2, 0.25) is 0 Å². The minimum absolute atomic E-state index is 0.110. The molecule has 4 fully saturated rings. The molecule has 0 aromatic heterocycles. The first-order chi connectivity index (χ1) is 10.5. The summed E-state index contributed by atoms with van der Waals surface area (Å²) in [4.78, 5) is 11.2. The number of nitrogens with zero attached hydrogens (tertiary/aromatic N) is 1. The van der Waals surface area contributed by atoms with Gasteiger partial charge >= 0.3 is 0 Å². The number of carbonyl (C=O) groups is 1. The van der Waals surface area contributed by atoms with Crippen LogP contribution in [0.3, 0.4) is 0 Å². The summed E-state index contributed by atoms with van der Waals surface area (Å²) in [5.74, 6) is 3.16. The molecule has 4 aliphatic carbocycles. The van der Waals surface area contributed by atoms with Crippen LogP contribution in [0.5, 0.6) is 0 Å². The molecule has 0 N–H and O–H groups in total. The largest absolute Gasteiger partial charge is 0.461 e. The van der Waals surface area contributed by atoms with E-state index in [1.54, 1.807) is 0 Å². The molecule has 3 heteroatoms. The van der Waals surface area contributed by atoms with Crippen LogP contribution in [-0.4, -0.2) is 43.2 Å². The lowest BCUT2D eigenvalue weighted by Crippen LogP contribution is -2.59. The number of quaternary nitrogens is 1. The predicted molar refractivity (Wildman–Crippen MR) is 88.3 cm³/mol. The van der Waals surface area contributed by atoms with Gasteiger partial charge < -0.3 is 9.22 Å². The molecular weight excluding hydrogens is 274 g/mol. The smallest absolute Gasteiger partial charge is 0.293 e. The van der Waals surface area contributed by atoms with Gasteiger partial charge in [0.1, 0.15) is 5.60 Å². The highest BCUT2D eigenvalue weighted by Gasteiger charge is 2.58. The summed E-state index contributed by atoms with van der Waals surface area (Å²) in [5.41, 5.74) is -0.110. The fourth-order valence-corrected chi connectivity index (χ4v) is 6.01. The molecule has 0 unspecified atom stereocenters. The number of carbonyl (C=O) groups excluding carboxylic acids is 1. The summed E-state index contributed by atoms with van der Waals surface area (Å²) in [7, 11) is 2.35. The molecule has 0 atom stereocenters. The van der Waals surface area contributed by atoms with Gasteiger partial charge in [-0.25, -0.2) is 0 Å². The average molecular weight is 308 g/mol. The zero-order valence-electron chi connectivity index (χ0n) is 14.7. The molecule has 0 radical (unpaired) electrons. The van der Waals surface area contributed by atoms with E-state index in [0.29, 0.717) is 11.8 Å². The highest BCUT2D eigenvalue weighted by Crippen LogP contribution is 2.60. The standard InChI is InChI=1S/C19H34NO2/c1-4-20(3,5-2)8-6-7-19(22-14-21)17-10-15-9-16(12-17)13-18(19)11-15/h14-18H,4-13H2,1-3H3/q+1. The first kappa shape index (κ1) is 16.3. The number of ether oxygens (including phenoxy) is 1. The Morgan fingerprint density at radius 2 is 1.59 bits per heavy atom. The quantitative estimate of drug-likeness (QED) is 0.506. The first-order valence-corrected chi connectivity index (χ1v) is 9.50. The monoisotopic (exact) mass is 308 g/mol. The number of rotatable bonds is 8. The minimum atomic E-state index is -0.110. The molecule has 0 spiro atoms. The average Bonchev–Trinajstić information content (AvgIpc) is 2.51. The Labute approximate surface area is 136 Å². The van der Waals surface area contributed by atoms with Crippen LogP contribution < -0.4 is 0 Å². The van der Waals surface area contributed by atoms with Crippen molar-refractivity contribution in [1.82, 2.24) is 0 Å². The van der Waals surface area contributed by atoms with Crippen molar-refractivity contribution >= 4 is 6.47 Å². The van der Waals surface area contributed by atoms with Crippen molar-refractivity contribution in [3.05, 3.63) is 0 Å². The van der Waals surface area contributed by atoms with E-state index in [1.165, 1.54) is 58.2 Å². The third-order valence-electron chi connectivity index (χ3n) is 7.58. The van der Waals surface area contributed by atoms with E-state index in [1.807, 2.05) is 0 Å². The summed E-state index contributed by atoms with van der Waals surface area (Å²) in [6, 6.07) is 0. The van der Waals surface area contributed by atoms with Crippen molar-refractivity contribution in [1.29, 1.82) is 0 Å². The molecule has 4 aliphatic rings. The normalized spacial score (nSPS) is 40.0. The summed E-state index contributed by atoms with van der Waals surface area (Å²) >= 11 is 0. The maximum atomic E-state index is 11.2. The Morgan fingerprint density at radius 1 is 1.05 bits per heavy atom. The van der Waals surface area contributed by atoms with Gasteiger partial charge in [0.15, 0.2) is 0 Å². The van der Waals surface area contributed by atoms with Crippen LogP contribution in [0.4, 0.5) is 0 Å². The van der Waals surface area contributed by atoms with Gasteiger partial charge in [0.05, 0.1) is 26.7 Å². The van der Waals surface area contributed by atoms with Gasteiger partial charge in [0, 0.05) is 6.42 Å². The summed E-state index contributed by atoms with van der Waals surface area (Å²) in [5, 5.41) is 0. The molecule has 3 nitrogen and oxygen atoms in total. The molecular formula is C19H34NO2+. The highest BCUT2D eigenvalue weighted by atomic mass is 16.5. The van der Waals surface area contributed by atoms with E-state index in [-0.39, 0.29) is 5.60 Å². The Kier molecular flexibility index (Phi) is 4.55.